The second-order valence-electron chi connectivity index (χ2n) is 9.23. The van der Waals surface area contributed by atoms with Crippen LogP contribution in [0.4, 0.5) is 23.2 Å². The van der Waals surface area contributed by atoms with Gasteiger partial charge < -0.3 is 24.8 Å². The predicted molar refractivity (Wildman–Crippen MR) is 142 cm³/mol. The maximum absolute atomic E-state index is 14.7. The number of rotatable bonds is 8. The van der Waals surface area contributed by atoms with Crippen LogP contribution in [0.3, 0.4) is 0 Å². The zero-order valence-corrected chi connectivity index (χ0v) is 23.2. The van der Waals surface area contributed by atoms with E-state index in [1.54, 1.807) is 25.2 Å². The van der Waals surface area contributed by atoms with Crippen LogP contribution in [0.25, 0.3) is 20.8 Å². The van der Waals surface area contributed by atoms with E-state index in [2.05, 4.69) is 25.9 Å². The van der Waals surface area contributed by atoms with Crippen LogP contribution >= 0.6 is 23.1 Å². The molecule has 0 radical (unpaired) electrons. The summed E-state index contributed by atoms with van der Waals surface area (Å²) in [4.78, 5) is 18.8. The van der Waals surface area contributed by atoms with Gasteiger partial charge >= 0.3 is 5.51 Å². The molecule has 1 fully saturated rings. The van der Waals surface area contributed by atoms with Crippen LogP contribution in [0.15, 0.2) is 33.8 Å². The first kappa shape index (κ1) is 28.2. The predicted octanol–water partition coefficient (Wildman–Crippen LogP) is 4.69. The van der Waals surface area contributed by atoms with E-state index in [9.17, 15) is 22.4 Å². The molecule has 1 saturated heterocycles. The van der Waals surface area contributed by atoms with Crippen molar-refractivity contribution in [3.63, 3.8) is 0 Å². The molecule has 1 amide bonds. The Morgan fingerprint density at radius 1 is 1.32 bits per heavy atom. The maximum Gasteiger partial charge on any atom is 0.446 e. The summed E-state index contributed by atoms with van der Waals surface area (Å²) in [5, 5.41) is 14.1. The first-order valence-corrected chi connectivity index (χ1v) is 13.7. The standard InChI is InChI=1S/C24H25F4N7O3S2/c1-34-8-7-15(14(25)11-34)30-16-6-4-5-12-18(16)39-20(19(12)40-24(26,27)28)21-31-17(38-33-21)9-29-22(36)13-10-35(2)32-23(13)37-3/h4-6,10,14-15,30H,7-9,11H2,1-3H3,(H,29,36)/t14-,15+/m0/s1. The fourth-order valence-electron chi connectivity index (χ4n) is 4.44. The van der Waals surface area contributed by atoms with Crippen molar-refractivity contribution in [1.82, 2.24) is 30.1 Å². The lowest BCUT2D eigenvalue weighted by Gasteiger charge is -2.33. The van der Waals surface area contributed by atoms with Gasteiger partial charge in [-0.05, 0) is 31.3 Å². The molecule has 1 aliphatic rings. The summed E-state index contributed by atoms with van der Waals surface area (Å²) < 4.78 is 67.8. The lowest BCUT2D eigenvalue weighted by Crippen LogP contribution is -2.46. The Kier molecular flexibility index (Phi) is 7.92. The first-order valence-electron chi connectivity index (χ1n) is 12.1. The van der Waals surface area contributed by atoms with Gasteiger partial charge in [0.25, 0.3) is 5.91 Å². The van der Waals surface area contributed by atoms with Crippen LogP contribution in [-0.4, -0.2) is 75.7 Å². The Bertz CT molecular complexity index is 1520. The van der Waals surface area contributed by atoms with E-state index in [0.717, 1.165) is 11.3 Å². The van der Waals surface area contributed by atoms with Crippen molar-refractivity contribution in [2.75, 3.05) is 32.6 Å². The SMILES string of the molecule is COc1nn(C)cc1C(=O)NCc1nc(-c2sc3c(N[C@@H]4CCN(C)C[C@@H]4F)cccc3c2SC(F)(F)F)no1. The van der Waals surface area contributed by atoms with Gasteiger partial charge in [-0.15, -0.1) is 16.4 Å². The zero-order valence-electron chi connectivity index (χ0n) is 21.6. The van der Waals surface area contributed by atoms with Gasteiger partial charge in [0, 0.05) is 36.6 Å². The number of thiophene rings is 1. The minimum absolute atomic E-state index is 0.00318. The number of hydrogen-bond donors (Lipinski definition) is 2. The highest BCUT2D eigenvalue weighted by Crippen LogP contribution is 2.50. The van der Waals surface area contributed by atoms with Gasteiger partial charge in [-0.1, -0.05) is 17.3 Å². The van der Waals surface area contributed by atoms with E-state index in [0.29, 0.717) is 28.7 Å². The van der Waals surface area contributed by atoms with Crippen LogP contribution in [-0.2, 0) is 13.6 Å². The van der Waals surface area contributed by atoms with E-state index in [4.69, 9.17) is 9.26 Å². The molecule has 0 spiro atoms. The molecule has 0 unspecified atom stereocenters. The number of aromatic nitrogens is 4. The van der Waals surface area contributed by atoms with Crippen molar-refractivity contribution in [2.45, 2.75) is 35.6 Å². The number of likely N-dealkylation sites (tertiary alicyclic amines) is 1. The average molecular weight is 600 g/mol. The Hall–Kier alpha value is -3.37. The molecule has 4 heterocycles. The van der Waals surface area contributed by atoms with Crippen molar-refractivity contribution in [2.24, 2.45) is 7.05 Å². The molecule has 2 N–H and O–H groups in total. The fraction of sp³-hybridized carbons (Fsp3) is 0.417. The van der Waals surface area contributed by atoms with Gasteiger partial charge in [0.15, 0.2) is 0 Å². The molecule has 1 aliphatic heterocycles. The largest absolute Gasteiger partial charge is 0.479 e. The Balaban J connectivity index is 1.42. The smallest absolute Gasteiger partial charge is 0.446 e. The maximum atomic E-state index is 14.7. The molecule has 40 heavy (non-hydrogen) atoms. The first-order chi connectivity index (χ1) is 19.0. The summed E-state index contributed by atoms with van der Waals surface area (Å²) in [6, 6.07) is 4.47. The summed E-state index contributed by atoms with van der Waals surface area (Å²) in [5.74, 6) is -0.425. The number of aryl methyl sites for hydroxylation is 1. The van der Waals surface area contributed by atoms with Crippen LogP contribution in [0.2, 0.25) is 0 Å². The number of carbonyl (C=O) groups excluding carboxylic acids is 1. The number of nitrogens with one attached hydrogen (secondary N) is 2. The number of anilines is 1. The quantitative estimate of drug-likeness (QED) is 0.220. The van der Waals surface area contributed by atoms with Crippen molar-refractivity contribution >= 4 is 44.8 Å². The van der Waals surface area contributed by atoms with Crippen LogP contribution in [0.1, 0.15) is 22.7 Å². The number of thioether (sulfide) groups is 1. The van der Waals surface area contributed by atoms with Gasteiger partial charge in [-0.2, -0.15) is 18.2 Å². The number of fused-ring (bicyclic) bond motifs is 1. The lowest BCUT2D eigenvalue weighted by molar-refractivity contribution is -0.0327. The second kappa shape index (κ2) is 11.2. The normalized spacial score (nSPS) is 18.3. The molecule has 0 saturated carbocycles. The highest BCUT2D eigenvalue weighted by Gasteiger charge is 2.35. The van der Waals surface area contributed by atoms with Crippen molar-refractivity contribution in [3.8, 4) is 16.6 Å². The molecule has 2 atom stereocenters. The molecular formula is C24H25F4N7O3S2. The van der Waals surface area contributed by atoms with Crippen molar-refractivity contribution in [1.29, 1.82) is 0 Å². The van der Waals surface area contributed by atoms with E-state index < -0.39 is 23.6 Å². The third-order valence-electron chi connectivity index (χ3n) is 6.28. The Morgan fingerprint density at radius 2 is 2.12 bits per heavy atom. The number of benzene rings is 1. The third-order valence-corrected chi connectivity index (χ3v) is 8.50. The second-order valence-corrected chi connectivity index (χ2v) is 11.3. The summed E-state index contributed by atoms with van der Waals surface area (Å²) in [6.45, 7) is 0.806. The molecule has 16 heteroatoms. The van der Waals surface area contributed by atoms with Gasteiger partial charge in [0.1, 0.15) is 11.7 Å². The molecule has 0 aliphatic carbocycles. The molecular weight excluding hydrogens is 574 g/mol. The number of carbonyl (C=O) groups is 1. The number of piperidine rings is 1. The summed E-state index contributed by atoms with van der Waals surface area (Å²) >= 11 is 0.793. The van der Waals surface area contributed by atoms with Gasteiger partial charge in [0.2, 0.25) is 17.6 Å². The topological polar surface area (TPSA) is 110 Å². The van der Waals surface area contributed by atoms with Crippen LogP contribution < -0.4 is 15.4 Å². The molecule has 4 aromatic rings. The Morgan fingerprint density at radius 3 is 2.85 bits per heavy atom. The van der Waals surface area contributed by atoms with Crippen molar-refractivity contribution in [3.05, 3.63) is 35.9 Å². The zero-order chi connectivity index (χ0) is 28.6. The number of amides is 1. The number of ether oxygens (including phenoxy) is 1. The Labute approximate surface area is 234 Å². The molecule has 1 aromatic carbocycles. The number of hydrogen-bond acceptors (Lipinski definition) is 10. The number of halogens is 4. The van der Waals surface area contributed by atoms with E-state index in [1.165, 1.54) is 18.0 Å². The molecule has 5 rings (SSSR count). The van der Waals surface area contributed by atoms with E-state index >= 15 is 0 Å². The van der Waals surface area contributed by atoms with Crippen molar-refractivity contribution < 1.29 is 31.6 Å². The van der Waals surface area contributed by atoms with Gasteiger partial charge in [0.05, 0.1) is 35.0 Å². The summed E-state index contributed by atoms with van der Waals surface area (Å²) in [7, 11) is 4.86. The monoisotopic (exact) mass is 599 g/mol. The van der Waals surface area contributed by atoms with E-state index in [-0.39, 0.29) is 57.8 Å². The highest BCUT2D eigenvalue weighted by atomic mass is 32.2. The van der Waals surface area contributed by atoms with Gasteiger partial charge in [-0.3, -0.25) is 9.48 Å². The van der Waals surface area contributed by atoms with Gasteiger partial charge in [-0.25, -0.2) is 4.39 Å². The van der Waals surface area contributed by atoms with Crippen LogP contribution in [0.5, 0.6) is 5.88 Å². The number of nitrogens with zero attached hydrogens (tertiary/aromatic N) is 5. The number of alkyl halides is 4. The minimum Gasteiger partial charge on any atom is -0.479 e. The average Bonchev–Trinajstić information content (AvgIpc) is 3.61. The van der Waals surface area contributed by atoms with Crippen LogP contribution in [0, 0.1) is 0 Å². The third kappa shape index (κ3) is 6.02. The molecule has 3 aromatic heterocycles. The molecule has 10 nitrogen and oxygen atoms in total. The van der Waals surface area contributed by atoms with E-state index in [1.807, 2.05) is 11.9 Å². The minimum atomic E-state index is -4.58. The summed E-state index contributed by atoms with van der Waals surface area (Å²) in [6.07, 6.45) is 0.911. The summed E-state index contributed by atoms with van der Waals surface area (Å²) in [5.41, 5.74) is -3.84. The molecule has 0 bridgehead atoms. The lowest BCUT2D eigenvalue weighted by atomic mass is 10.0. The number of methoxy groups -OCH3 is 1. The highest BCUT2D eigenvalue weighted by molar-refractivity contribution is 8.00. The molecule has 214 valence electrons. The fourth-order valence-corrected chi connectivity index (χ4v) is 6.55.